The van der Waals surface area contributed by atoms with Crippen molar-refractivity contribution in [3.63, 3.8) is 0 Å². The largest absolute Gasteiger partial charge is 0.397 e. The van der Waals surface area contributed by atoms with Crippen LogP contribution in [0.1, 0.15) is 24.8 Å². The summed E-state index contributed by atoms with van der Waals surface area (Å²) in [5.74, 6) is -0.256. The van der Waals surface area contributed by atoms with Gasteiger partial charge in [-0.1, -0.05) is 18.6 Å². The molecule has 1 heterocycles. The van der Waals surface area contributed by atoms with Gasteiger partial charge in [-0.2, -0.15) is 0 Å². The number of benzene rings is 2. The molecule has 22 heavy (non-hydrogen) atoms. The number of likely N-dealkylation sites (tertiary alicyclic amines) is 1. The average Bonchev–Trinajstić information content (AvgIpc) is 2.52. The summed E-state index contributed by atoms with van der Waals surface area (Å²) in [5, 5.41) is 3.21. The van der Waals surface area contributed by atoms with E-state index in [9.17, 15) is 4.39 Å². The van der Waals surface area contributed by atoms with Crippen LogP contribution >= 0.6 is 0 Å². The van der Waals surface area contributed by atoms with E-state index in [1.165, 1.54) is 37.0 Å². The standard InChI is InChI=1S/C18H22FN3/c19-15-5-4-6-16(12-15)21-18-11-14(7-8-17(18)20)13-22-9-2-1-3-10-22/h4-8,11-12,21H,1-3,9-10,13,20H2. The van der Waals surface area contributed by atoms with Gasteiger partial charge in [0.25, 0.3) is 0 Å². The third-order valence-electron chi connectivity index (χ3n) is 4.08. The van der Waals surface area contributed by atoms with Gasteiger partial charge in [0.05, 0.1) is 11.4 Å². The third-order valence-corrected chi connectivity index (χ3v) is 4.08. The normalized spacial score (nSPS) is 15.7. The first-order valence-corrected chi connectivity index (χ1v) is 7.84. The molecule has 1 saturated heterocycles. The fourth-order valence-electron chi connectivity index (χ4n) is 2.91. The number of nitrogens with zero attached hydrogens (tertiary/aromatic N) is 1. The highest BCUT2D eigenvalue weighted by Gasteiger charge is 2.11. The monoisotopic (exact) mass is 299 g/mol. The zero-order chi connectivity index (χ0) is 15.4. The lowest BCUT2D eigenvalue weighted by Crippen LogP contribution is -2.29. The Morgan fingerprint density at radius 3 is 2.64 bits per heavy atom. The van der Waals surface area contributed by atoms with Crippen LogP contribution in [0.15, 0.2) is 42.5 Å². The van der Waals surface area contributed by atoms with Crippen molar-refractivity contribution in [2.24, 2.45) is 0 Å². The van der Waals surface area contributed by atoms with Gasteiger partial charge in [0.2, 0.25) is 0 Å². The third kappa shape index (κ3) is 3.77. The number of rotatable bonds is 4. The van der Waals surface area contributed by atoms with Gasteiger partial charge in [0, 0.05) is 12.2 Å². The Labute approximate surface area is 130 Å². The second-order valence-corrected chi connectivity index (χ2v) is 5.89. The van der Waals surface area contributed by atoms with Crippen LogP contribution in [-0.4, -0.2) is 18.0 Å². The van der Waals surface area contributed by atoms with Crippen LogP contribution in [0.5, 0.6) is 0 Å². The number of nitrogens with two attached hydrogens (primary N) is 1. The number of hydrogen-bond donors (Lipinski definition) is 2. The van der Waals surface area contributed by atoms with Crippen LogP contribution in [-0.2, 0) is 6.54 Å². The summed E-state index contributed by atoms with van der Waals surface area (Å²) < 4.78 is 13.3. The predicted molar refractivity (Wildman–Crippen MR) is 89.7 cm³/mol. The van der Waals surface area contributed by atoms with Crippen LogP contribution in [0.3, 0.4) is 0 Å². The van der Waals surface area contributed by atoms with Crippen molar-refractivity contribution in [3.05, 3.63) is 53.8 Å². The predicted octanol–water partition coefficient (Wildman–Crippen LogP) is 4.14. The Morgan fingerprint density at radius 1 is 1.05 bits per heavy atom. The maximum absolute atomic E-state index is 13.3. The summed E-state index contributed by atoms with van der Waals surface area (Å²) >= 11 is 0. The van der Waals surface area contributed by atoms with E-state index in [1.54, 1.807) is 6.07 Å². The molecule has 116 valence electrons. The van der Waals surface area contributed by atoms with E-state index in [-0.39, 0.29) is 5.82 Å². The lowest BCUT2D eigenvalue weighted by Gasteiger charge is -2.26. The number of anilines is 3. The molecular weight excluding hydrogens is 277 g/mol. The van der Waals surface area contributed by atoms with Crippen LogP contribution in [0, 0.1) is 5.82 Å². The molecule has 0 spiro atoms. The Morgan fingerprint density at radius 2 is 1.86 bits per heavy atom. The quantitative estimate of drug-likeness (QED) is 0.834. The summed E-state index contributed by atoms with van der Waals surface area (Å²) in [6, 6.07) is 12.5. The van der Waals surface area contributed by atoms with E-state index < -0.39 is 0 Å². The van der Waals surface area contributed by atoms with Gasteiger partial charge in [-0.25, -0.2) is 4.39 Å². The van der Waals surface area contributed by atoms with Gasteiger partial charge >= 0.3 is 0 Å². The first-order chi connectivity index (χ1) is 10.7. The van der Waals surface area contributed by atoms with E-state index in [0.29, 0.717) is 11.4 Å². The van der Waals surface area contributed by atoms with E-state index >= 15 is 0 Å². The molecule has 3 N–H and O–H groups in total. The molecule has 1 fully saturated rings. The van der Waals surface area contributed by atoms with Crippen molar-refractivity contribution >= 4 is 17.1 Å². The Bertz CT molecular complexity index is 636. The highest BCUT2D eigenvalue weighted by atomic mass is 19.1. The Balaban J connectivity index is 1.74. The van der Waals surface area contributed by atoms with Crippen molar-refractivity contribution in [1.82, 2.24) is 4.90 Å². The van der Waals surface area contributed by atoms with Crippen molar-refractivity contribution in [1.29, 1.82) is 0 Å². The number of piperidine rings is 1. The summed E-state index contributed by atoms with van der Waals surface area (Å²) in [4.78, 5) is 2.47. The number of halogens is 1. The lowest BCUT2D eigenvalue weighted by molar-refractivity contribution is 0.221. The van der Waals surface area contributed by atoms with E-state index in [0.717, 1.165) is 25.3 Å². The minimum atomic E-state index is -0.256. The number of nitrogen functional groups attached to an aromatic ring is 1. The fraction of sp³-hybridized carbons (Fsp3) is 0.333. The van der Waals surface area contributed by atoms with Gasteiger partial charge < -0.3 is 11.1 Å². The van der Waals surface area contributed by atoms with E-state index in [1.807, 2.05) is 12.1 Å². The molecule has 0 radical (unpaired) electrons. The first-order valence-electron chi connectivity index (χ1n) is 7.84. The molecule has 0 bridgehead atoms. The molecule has 1 aliphatic heterocycles. The first kappa shape index (κ1) is 14.9. The highest BCUT2D eigenvalue weighted by molar-refractivity contribution is 5.73. The molecule has 3 rings (SSSR count). The topological polar surface area (TPSA) is 41.3 Å². The summed E-state index contributed by atoms with van der Waals surface area (Å²) in [7, 11) is 0. The van der Waals surface area contributed by atoms with Crippen molar-refractivity contribution < 1.29 is 4.39 Å². The number of nitrogens with one attached hydrogen (secondary N) is 1. The van der Waals surface area contributed by atoms with E-state index in [4.69, 9.17) is 5.73 Å². The molecule has 0 amide bonds. The van der Waals surface area contributed by atoms with Crippen molar-refractivity contribution in [2.75, 3.05) is 24.1 Å². The van der Waals surface area contributed by atoms with Crippen LogP contribution < -0.4 is 11.1 Å². The van der Waals surface area contributed by atoms with Gasteiger partial charge in [-0.3, -0.25) is 4.90 Å². The maximum atomic E-state index is 13.3. The summed E-state index contributed by atoms with van der Waals surface area (Å²) in [6.45, 7) is 3.27. The molecular formula is C18H22FN3. The zero-order valence-corrected chi connectivity index (χ0v) is 12.7. The molecule has 3 nitrogen and oxygen atoms in total. The van der Waals surface area contributed by atoms with Crippen LogP contribution in [0.2, 0.25) is 0 Å². The SMILES string of the molecule is Nc1ccc(CN2CCCCC2)cc1Nc1cccc(F)c1. The molecule has 0 atom stereocenters. The zero-order valence-electron chi connectivity index (χ0n) is 12.7. The number of hydrogen-bond acceptors (Lipinski definition) is 3. The summed E-state index contributed by atoms with van der Waals surface area (Å²) in [6.07, 6.45) is 3.90. The maximum Gasteiger partial charge on any atom is 0.125 e. The van der Waals surface area contributed by atoms with Gasteiger partial charge in [-0.15, -0.1) is 0 Å². The Hall–Kier alpha value is -2.07. The highest BCUT2D eigenvalue weighted by Crippen LogP contribution is 2.26. The second kappa shape index (κ2) is 6.79. The van der Waals surface area contributed by atoms with Crippen LogP contribution in [0.25, 0.3) is 0 Å². The fourth-order valence-corrected chi connectivity index (χ4v) is 2.91. The second-order valence-electron chi connectivity index (χ2n) is 5.89. The van der Waals surface area contributed by atoms with Gasteiger partial charge in [-0.05, 0) is 61.8 Å². The minimum absolute atomic E-state index is 0.256. The van der Waals surface area contributed by atoms with Gasteiger partial charge in [0.15, 0.2) is 0 Å². The Kier molecular flexibility index (Phi) is 4.59. The molecule has 0 aromatic heterocycles. The molecule has 2 aromatic carbocycles. The molecule has 0 aliphatic carbocycles. The smallest absolute Gasteiger partial charge is 0.125 e. The summed E-state index contributed by atoms with van der Waals surface area (Å²) in [5.41, 5.74) is 9.49. The van der Waals surface area contributed by atoms with Crippen molar-refractivity contribution in [2.45, 2.75) is 25.8 Å². The molecule has 2 aromatic rings. The molecule has 4 heteroatoms. The minimum Gasteiger partial charge on any atom is -0.397 e. The van der Waals surface area contributed by atoms with E-state index in [2.05, 4.69) is 22.3 Å². The average molecular weight is 299 g/mol. The molecule has 0 unspecified atom stereocenters. The molecule has 0 saturated carbocycles. The van der Waals surface area contributed by atoms with Crippen LogP contribution in [0.4, 0.5) is 21.5 Å². The van der Waals surface area contributed by atoms with Gasteiger partial charge in [0.1, 0.15) is 5.82 Å². The van der Waals surface area contributed by atoms with Crippen molar-refractivity contribution in [3.8, 4) is 0 Å². The lowest BCUT2D eigenvalue weighted by atomic mass is 10.1. The molecule has 1 aliphatic rings.